The predicted octanol–water partition coefficient (Wildman–Crippen LogP) is 4.12. The zero-order valence-electron chi connectivity index (χ0n) is 20.9. The molecular formula is C23H30ClN6O6P. The van der Waals surface area contributed by atoms with Gasteiger partial charge in [0.15, 0.2) is 10.8 Å². The van der Waals surface area contributed by atoms with Gasteiger partial charge in [-0.15, -0.1) is 0 Å². The van der Waals surface area contributed by atoms with E-state index in [0.717, 1.165) is 0 Å². The molecule has 3 N–H and O–H groups in total. The molecule has 4 rings (SSSR count). The van der Waals surface area contributed by atoms with E-state index in [1.807, 2.05) is 6.92 Å². The van der Waals surface area contributed by atoms with Gasteiger partial charge in [0.05, 0.1) is 25.1 Å². The summed E-state index contributed by atoms with van der Waals surface area (Å²) in [5.74, 6) is -0.197. The van der Waals surface area contributed by atoms with Crippen molar-refractivity contribution in [1.29, 1.82) is 0 Å². The Labute approximate surface area is 219 Å². The molecule has 37 heavy (non-hydrogen) atoms. The number of nitrogens with one attached hydrogen (secondary N) is 1. The number of rotatable bonds is 10. The molecular weight excluding hydrogens is 523 g/mol. The summed E-state index contributed by atoms with van der Waals surface area (Å²) in [5.41, 5.74) is 6.63. The molecule has 0 amide bonds. The SMILES string of the molecule is CC(C)OC(=O)C(C)NP(=O)(OCC1CC(C)C(n2cnc3c(Cl)nc(N)nc32)O1)Oc1ccccc1. The number of esters is 1. The third-order valence-corrected chi connectivity index (χ3v) is 7.49. The quantitative estimate of drug-likeness (QED) is 0.212. The molecule has 14 heteroatoms. The Morgan fingerprint density at radius 3 is 2.73 bits per heavy atom. The zero-order valence-corrected chi connectivity index (χ0v) is 22.6. The second kappa shape index (κ2) is 11.3. The Kier molecular flexibility index (Phi) is 8.35. The van der Waals surface area contributed by atoms with Gasteiger partial charge in [0.1, 0.15) is 23.5 Å². The normalized spacial score (nSPS) is 22.2. The van der Waals surface area contributed by atoms with E-state index in [4.69, 9.17) is 35.9 Å². The van der Waals surface area contributed by atoms with E-state index >= 15 is 0 Å². The maximum Gasteiger partial charge on any atom is 0.459 e. The Balaban J connectivity index is 1.47. The van der Waals surface area contributed by atoms with Crippen molar-refractivity contribution in [3.05, 3.63) is 41.8 Å². The van der Waals surface area contributed by atoms with Crippen LogP contribution in [-0.2, 0) is 23.4 Å². The van der Waals surface area contributed by atoms with Crippen LogP contribution in [0.1, 0.15) is 40.3 Å². The summed E-state index contributed by atoms with van der Waals surface area (Å²) >= 11 is 6.15. The third kappa shape index (κ3) is 6.58. The molecule has 0 saturated carbocycles. The molecule has 0 spiro atoms. The molecule has 1 saturated heterocycles. The number of ether oxygens (including phenoxy) is 2. The van der Waals surface area contributed by atoms with Crippen LogP contribution in [0.2, 0.25) is 5.15 Å². The van der Waals surface area contributed by atoms with Crippen molar-refractivity contribution in [2.45, 2.75) is 58.6 Å². The van der Waals surface area contributed by atoms with Crippen molar-refractivity contribution in [3.8, 4) is 5.75 Å². The Morgan fingerprint density at radius 1 is 1.30 bits per heavy atom. The molecule has 0 bridgehead atoms. The van der Waals surface area contributed by atoms with Crippen LogP contribution in [0.3, 0.4) is 0 Å². The number of nitrogens with two attached hydrogens (primary N) is 1. The van der Waals surface area contributed by atoms with Gasteiger partial charge in [0, 0.05) is 5.92 Å². The fourth-order valence-electron chi connectivity index (χ4n) is 3.96. The predicted molar refractivity (Wildman–Crippen MR) is 137 cm³/mol. The van der Waals surface area contributed by atoms with Gasteiger partial charge >= 0.3 is 13.7 Å². The van der Waals surface area contributed by atoms with Crippen molar-refractivity contribution in [1.82, 2.24) is 24.6 Å². The Morgan fingerprint density at radius 2 is 2.03 bits per heavy atom. The summed E-state index contributed by atoms with van der Waals surface area (Å²) in [4.78, 5) is 24.8. The van der Waals surface area contributed by atoms with Crippen molar-refractivity contribution in [3.63, 3.8) is 0 Å². The average molecular weight is 553 g/mol. The van der Waals surface area contributed by atoms with Crippen LogP contribution in [0.4, 0.5) is 5.95 Å². The van der Waals surface area contributed by atoms with Crippen LogP contribution in [-0.4, -0.2) is 50.3 Å². The summed E-state index contributed by atoms with van der Waals surface area (Å²) < 4.78 is 38.3. The van der Waals surface area contributed by atoms with E-state index in [9.17, 15) is 9.36 Å². The molecule has 200 valence electrons. The summed E-state index contributed by atoms with van der Waals surface area (Å²) in [6.45, 7) is 6.93. The standard InChI is InChI=1S/C23H30ClN6O6P/c1-13(2)34-22(31)15(4)29-37(32,36-16-8-6-5-7-9-16)33-11-17-10-14(3)21(35-17)30-12-26-18-19(24)27-23(25)28-20(18)30/h5-9,12-15,17,21H,10-11H2,1-4H3,(H,29,32)(H2,25,27,28). The van der Waals surface area contributed by atoms with E-state index in [1.54, 1.807) is 55.1 Å². The number of para-hydroxylation sites is 1. The average Bonchev–Trinajstić information content (AvgIpc) is 3.41. The van der Waals surface area contributed by atoms with Gasteiger partial charge < -0.3 is 19.7 Å². The summed E-state index contributed by atoms with van der Waals surface area (Å²) in [6, 6.07) is 7.61. The fraction of sp³-hybridized carbons (Fsp3) is 0.478. The molecule has 1 aliphatic rings. The van der Waals surface area contributed by atoms with E-state index in [2.05, 4.69) is 20.0 Å². The van der Waals surface area contributed by atoms with Crippen molar-refractivity contribution in [2.24, 2.45) is 5.92 Å². The van der Waals surface area contributed by atoms with Gasteiger partial charge in [-0.2, -0.15) is 15.1 Å². The molecule has 3 heterocycles. The van der Waals surface area contributed by atoms with E-state index in [0.29, 0.717) is 23.3 Å². The van der Waals surface area contributed by atoms with Crippen molar-refractivity contribution in [2.75, 3.05) is 12.3 Å². The zero-order chi connectivity index (χ0) is 26.7. The van der Waals surface area contributed by atoms with Crippen molar-refractivity contribution < 1.29 is 27.9 Å². The number of halogens is 1. The molecule has 5 unspecified atom stereocenters. The van der Waals surface area contributed by atoms with Crippen LogP contribution in [0.25, 0.3) is 11.2 Å². The first-order valence-electron chi connectivity index (χ1n) is 11.8. The second-order valence-electron chi connectivity index (χ2n) is 9.09. The first kappa shape index (κ1) is 27.3. The highest BCUT2D eigenvalue weighted by Crippen LogP contribution is 2.46. The number of carbonyl (C=O) groups excluding carboxylic acids is 1. The lowest BCUT2D eigenvalue weighted by molar-refractivity contribution is -0.149. The minimum absolute atomic E-state index is 0.0278. The number of nitrogens with zero attached hydrogens (tertiary/aromatic N) is 4. The number of carbonyl (C=O) groups is 1. The van der Waals surface area contributed by atoms with Gasteiger partial charge in [-0.25, -0.2) is 9.55 Å². The van der Waals surface area contributed by atoms with Crippen LogP contribution < -0.4 is 15.3 Å². The van der Waals surface area contributed by atoms with Gasteiger partial charge in [-0.1, -0.05) is 36.7 Å². The molecule has 2 aromatic heterocycles. The first-order valence-corrected chi connectivity index (χ1v) is 13.7. The Hall–Kier alpha value is -2.76. The monoisotopic (exact) mass is 552 g/mol. The molecule has 0 aliphatic carbocycles. The largest absolute Gasteiger partial charge is 0.462 e. The summed E-state index contributed by atoms with van der Waals surface area (Å²) in [6.07, 6.45) is 0.967. The number of anilines is 1. The third-order valence-electron chi connectivity index (χ3n) is 5.58. The van der Waals surface area contributed by atoms with E-state index < -0.39 is 32.1 Å². The highest BCUT2D eigenvalue weighted by Gasteiger charge is 2.38. The van der Waals surface area contributed by atoms with Gasteiger partial charge in [-0.05, 0) is 39.3 Å². The molecule has 3 aromatic rings. The number of fused-ring (bicyclic) bond motifs is 1. The molecule has 5 atom stereocenters. The summed E-state index contributed by atoms with van der Waals surface area (Å²) in [7, 11) is -4.00. The molecule has 12 nitrogen and oxygen atoms in total. The highest BCUT2D eigenvalue weighted by molar-refractivity contribution is 7.52. The highest BCUT2D eigenvalue weighted by atomic mass is 35.5. The summed E-state index contributed by atoms with van der Waals surface area (Å²) in [5, 5.41) is 2.83. The number of imidazole rings is 1. The van der Waals surface area contributed by atoms with Crippen LogP contribution in [0, 0.1) is 5.92 Å². The van der Waals surface area contributed by atoms with Gasteiger partial charge in [0.2, 0.25) is 5.95 Å². The van der Waals surface area contributed by atoms with Crippen molar-refractivity contribution >= 4 is 42.4 Å². The van der Waals surface area contributed by atoms with E-state index in [-0.39, 0.29) is 29.7 Å². The smallest absolute Gasteiger partial charge is 0.459 e. The maximum absolute atomic E-state index is 13.7. The fourth-order valence-corrected chi connectivity index (χ4v) is 5.71. The number of hydrogen-bond acceptors (Lipinski definition) is 10. The lowest BCUT2D eigenvalue weighted by atomic mass is 10.1. The van der Waals surface area contributed by atoms with Crippen LogP contribution in [0.15, 0.2) is 36.7 Å². The number of hydrogen-bond donors (Lipinski definition) is 2. The lowest BCUT2D eigenvalue weighted by Crippen LogP contribution is -2.36. The maximum atomic E-state index is 13.7. The first-order chi connectivity index (χ1) is 17.5. The minimum atomic E-state index is -4.00. The molecule has 1 aliphatic heterocycles. The molecule has 0 radical (unpaired) electrons. The number of aromatic nitrogens is 4. The van der Waals surface area contributed by atoms with Crippen LogP contribution >= 0.6 is 19.3 Å². The Bertz CT molecular complexity index is 1290. The second-order valence-corrected chi connectivity index (χ2v) is 11.1. The lowest BCUT2D eigenvalue weighted by Gasteiger charge is -2.24. The molecule has 1 aromatic carbocycles. The number of benzene rings is 1. The van der Waals surface area contributed by atoms with E-state index in [1.165, 1.54) is 6.92 Å². The molecule has 1 fully saturated rings. The topological polar surface area (TPSA) is 153 Å². The number of nitrogen functional groups attached to an aromatic ring is 1. The van der Waals surface area contributed by atoms with Gasteiger partial charge in [0.25, 0.3) is 0 Å². The minimum Gasteiger partial charge on any atom is -0.462 e. The van der Waals surface area contributed by atoms with Gasteiger partial charge in [-0.3, -0.25) is 13.9 Å². The van der Waals surface area contributed by atoms with Crippen LogP contribution in [0.5, 0.6) is 5.75 Å².